The zero-order valence-corrected chi connectivity index (χ0v) is 22.3. The predicted molar refractivity (Wildman–Crippen MR) is 149 cm³/mol. The molecule has 2 fully saturated rings. The molecule has 0 saturated heterocycles. The van der Waals surface area contributed by atoms with Crippen LogP contribution in [0.2, 0.25) is 0 Å². The van der Waals surface area contributed by atoms with Gasteiger partial charge in [0.2, 0.25) is 11.8 Å². The molecule has 196 valence electrons. The molecule has 0 spiro atoms. The minimum absolute atomic E-state index is 0.00108. The normalized spacial score (nSPS) is 16.5. The van der Waals surface area contributed by atoms with Gasteiger partial charge in [-0.25, -0.2) is 4.98 Å². The van der Waals surface area contributed by atoms with Crippen LogP contribution in [0.5, 0.6) is 5.88 Å². The Kier molecular flexibility index (Phi) is 6.82. The Morgan fingerprint density at radius 3 is 2.32 bits per heavy atom. The fourth-order valence-corrected chi connectivity index (χ4v) is 5.29. The number of ether oxygens (including phenoxy) is 1. The largest absolute Gasteiger partial charge is 0.473 e. The second-order valence-electron chi connectivity index (χ2n) is 10.9. The van der Waals surface area contributed by atoms with Crippen LogP contribution in [-0.2, 0) is 16.6 Å². The molecule has 3 aromatic rings. The van der Waals surface area contributed by atoms with Gasteiger partial charge in [0.25, 0.3) is 0 Å². The molecule has 6 nitrogen and oxygen atoms in total. The fraction of sp³-hybridized carbons (Fsp3) is 0.344. The van der Waals surface area contributed by atoms with Crippen LogP contribution < -0.4 is 16.2 Å². The van der Waals surface area contributed by atoms with E-state index in [9.17, 15) is 9.59 Å². The number of carbonyl (C=O) groups excluding carboxylic acids is 2. The monoisotopic (exact) mass is 509 g/mol. The number of primary amides is 1. The Balaban J connectivity index is 1.38. The summed E-state index contributed by atoms with van der Waals surface area (Å²) in [6.45, 7) is 6.17. The highest BCUT2D eigenvalue weighted by Crippen LogP contribution is 2.52. The maximum absolute atomic E-state index is 13.2. The van der Waals surface area contributed by atoms with Crippen molar-refractivity contribution < 1.29 is 14.3 Å². The summed E-state index contributed by atoms with van der Waals surface area (Å²) in [5.74, 6) is 0.186. The van der Waals surface area contributed by atoms with E-state index in [1.807, 2.05) is 68.4 Å². The van der Waals surface area contributed by atoms with Crippen LogP contribution in [0.3, 0.4) is 0 Å². The smallest absolute Gasteiger partial charge is 0.248 e. The van der Waals surface area contributed by atoms with E-state index in [4.69, 9.17) is 21.2 Å². The van der Waals surface area contributed by atoms with E-state index in [1.54, 1.807) is 0 Å². The molecule has 5 rings (SSSR count). The first-order valence-electron chi connectivity index (χ1n) is 13.3. The highest BCUT2D eigenvalue weighted by Gasteiger charge is 2.45. The molecule has 1 amide bonds. The summed E-state index contributed by atoms with van der Waals surface area (Å²) in [7, 11) is 0. The molecule has 0 unspecified atom stereocenters. The third kappa shape index (κ3) is 5.21. The van der Waals surface area contributed by atoms with E-state index in [0.717, 1.165) is 60.1 Å². The molecule has 0 aliphatic heterocycles. The molecule has 2 saturated carbocycles. The third-order valence-electron chi connectivity index (χ3n) is 7.99. The molecule has 0 bridgehead atoms. The van der Waals surface area contributed by atoms with Gasteiger partial charge in [-0.15, -0.1) is 0 Å². The van der Waals surface area contributed by atoms with Crippen LogP contribution in [0.15, 0.2) is 60.2 Å². The lowest BCUT2D eigenvalue weighted by molar-refractivity contribution is -0.117. The number of amides is 1. The van der Waals surface area contributed by atoms with E-state index >= 15 is 0 Å². The van der Waals surface area contributed by atoms with E-state index < -0.39 is 5.91 Å². The third-order valence-corrected chi connectivity index (χ3v) is 7.99. The van der Waals surface area contributed by atoms with Crippen molar-refractivity contribution in [3.63, 3.8) is 0 Å². The maximum Gasteiger partial charge on any atom is 0.248 e. The van der Waals surface area contributed by atoms with Crippen LogP contribution >= 0.6 is 0 Å². The van der Waals surface area contributed by atoms with Crippen molar-refractivity contribution >= 4 is 17.4 Å². The lowest BCUT2D eigenvalue weighted by Crippen LogP contribution is -2.19. The Morgan fingerprint density at radius 2 is 1.68 bits per heavy atom. The number of hydrogen-bond acceptors (Lipinski definition) is 5. The first-order valence-corrected chi connectivity index (χ1v) is 13.3. The van der Waals surface area contributed by atoms with Crippen molar-refractivity contribution in [1.29, 1.82) is 0 Å². The summed E-state index contributed by atoms with van der Waals surface area (Å²) in [5.41, 5.74) is 19.8. The number of aryl methyl sites for hydroxylation is 3. The average molecular weight is 510 g/mol. The molecule has 38 heavy (non-hydrogen) atoms. The number of hydrogen-bond donors (Lipinski definition) is 2. The van der Waals surface area contributed by atoms with Gasteiger partial charge >= 0.3 is 0 Å². The van der Waals surface area contributed by atoms with E-state index in [-0.39, 0.29) is 23.7 Å². The van der Waals surface area contributed by atoms with Gasteiger partial charge in [-0.1, -0.05) is 36.4 Å². The fourth-order valence-electron chi connectivity index (χ4n) is 5.29. The summed E-state index contributed by atoms with van der Waals surface area (Å²) < 4.78 is 6.13. The minimum Gasteiger partial charge on any atom is -0.473 e. The first kappa shape index (κ1) is 25.7. The number of nitrogens with zero attached hydrogens (tertiary/aromatic N) is 1. The standard InChI is InChI=1S/C32H35N3O3/c1-19-6-4-5-7-24(19)29(33)25(30(36)22-9-10-22)18-38-28-13-8-20(2)27(35-28)17-32(14-15-32)26-12-11-23(31(34)37)16-21(26)3/h4-8,11-13,16,22H,9-10,14-15,17-18,33H2,1-3H3,(H2,34,37). The van der Waals surface area contributed by atoms with E-state index in [0.29, 0.717) is 22.7 Å². The molecule has 2 aliphatic rings. The number of benzene rings is 2. The van der Waals surface area contributed by atoms with Crippen molar-refractivity contribution in [3.05, 3.63) is 99.2 Å². The molecule has 2 aliphatic carbocycles. The zero-order chi connectivity index (χ0) is 27.0. The molecule has 1 aromatic heterocycles. The van der Waals surface area contributed by atoms with Crippen LogP contribution in [0.1, 0.15) is 69.6 Å². The first-order chi connectivity index (χ1) is 18.2. The number of ketones is 1. The molecule has 4 N–H and O–H groups in total. The van der Waals surface area contributed by atoms with E-state index in [2.05, 4.69) is 6.92 Å². The Morgan fingerprint density at radius 1 is 0.947 bits per heavy atom. The summed E-state index contributed by atoms with van der Waals surface area (Å²) in [6.07, 6.45) is 4.70. The zero-order valence-electron chi connectivity index (χ0n) is 22.3. The van der Waals surface area contributed by atoms with Crippen LogP contribution in [0, 0.1) is 26.7 Å². The minimum atomic E-state index is -0.413. The highest BCUT2D eigenvalue weighted by atomic mass is 16.5. The van der Waals surface area contributed by atoms with Gasteiger partial charge in [0, 0.05) is 39.9 Å². The number of Topliss-reactive ketones (excluding diaryl/α,β-unsaturated/α-hetero) is 1. The molecular weight excluding hydrogens is 474 g/mol. The van der Waals surface area contributed by atoms with Gasteiger partial charge in [-0.3, -0.25) is 9.59 Å². The highest BCUT2D eigenvalue weighted by molar-refractivity contribution is 6.05. The Labute approximate surface area is 224 Å². The topological polar surface area (TPSA) is 108 Å². The summed E-state index contributed by atoms with van der Waals surface area (Å²) in [6, 6.07) is 17.4. The lowest BCUT2D eigenvalue weighted by Gasteiger charge is -2.20. The number of aromatic nitrogens is 1. The number of pyridine rings is 1. The van der Waals surface area contributed by atoms with Crippen molar-refractivity contribution in [1.82, 2.24) is 4.98 Å². The maximum atomic E-state index is 13.2. The molecular formula is C32H35N3O3. The molecule has 6 heteroatoms. The average Bonchev–Trinajstić information content (AvgIpc) is 3.82. The Hall–Kier alpha value is -3.93. The SMILES string of the molecule is Cc1ccccc1C(N)=C(COc1ccc(C)c(CC2(c3ccc(C(N)=O)cc3C)CC2)n1)C(=O)C1CC1. The van der Waals surface area contributed by atoms with Gasteiger partial charge in [-0.2, -0.15) is 0 Å². The van der Waals surface area contributed by atoms with Crippen molar-refractivity contribution in [2.24, 2.45) is 17.4 Å². The van der Waals surface area contributed by atoms with Gasteiger partial charge in [0.05, 0.1) is 5.57 Å². The Bertz CT molecular complexity index is 1450. The van der Waals surface area contributed by atoms with E-state index in [1.165, 1.54) is 5.56 Å². The molecule has 0 atom stereocenters. The quantitative estimate of drug-likeness (QED) is 0.369. The molecule has 2 aromatic carbocycles. The summed E-state index contributed by atoms with van der Waals surface area (Å²) >= 11 is 0. The van der Waals surface area contributed by atoms with Crippen LogP contribution in [-0.4, -0.2) is 23.3 Å². The van der Waals surface area contributed by atoms with Crippen LogP contribution in [0.4, 0.5) is 0 Å². The van der Waals surface area contributed by atoms with Crippen molar-refractivity contribution in [3.8, 4) is 5.88 Å². The number of nitrogens with two attached hydrogens (primary N) is 2. The molecule has 0 radical (unpaired) electrons. The summed E-state index contributed by atoms with van der Waals surface area (Å²) in [4.78, 5) is 29.6. The van der Waals surface area contributed by atoms with Crippen molar-refractivity contribution in [2.75, 3.05) is 6.61 Å². The second-order valence-corrected chi connectivity index (χ2v) is 10.9. The predicted octanol–water partition coefficient (Wildman–Crippen LogP) is 5.11. The van der Waals surface area contributed by atoms with Gasteiger partial charge < -0.3 is 16.2 Å². The van der Waals surface area contributed by atoms with Gasteiger partial charge in [-0.05, 0) is 87.3 Å². The number of carbonyl (C=O) groups is 2. The summed E-state index contributed by atoms with van der Waals surface area (Å²) in [5, 5.41) is 0. The molecule has 1 heterocycles. The van der Waals surface area contributed by atoms with Crippen molar-refractivity contribution in [2.45, 2.75) is 58.3 Å². The number of rotatable bonds is 10. The van der Waals surface area contributed by atoms with Gasteiger partial charge in [0.1, 0.15) is 6.61 Å². The lowest BCUT2D eigenvalue weighted by atomic mass is 9.86. The second kappa shape index (κ2) is 10.1. The van der Waals surface area contributed by atoms with Gasteiger partial charge in [0.15, 0.2) is 5.78 Å². The van der Waals surface area contributed by atoms with Crippen LogP contribution in [0.25, 0.3) is 5.70 Å².